The summed E-state index contributed by atoms with van der Waals surface area (Å²) in [6.07, 6.45) is 13.0. The van der Waals surface area contributed by atoms with Crippen LogP contribution in [-0.2, 0) is 9.47 Å². The molecule has 11 heteroatoms. The van der Waals surface area contributed by atoms with Crippen molar-refractivity contribution in [3.63, 3.8) is 0 Å². The number of nitrogens with zero attached hydrogens (tertiary/aromatic N) is 6. The van der Waals surface area contributed by atoms with Crippen LogP contribution >= 0.6 is 0 Å². The van der Waals surface area contributed by atoms with E-state index >= 15 is 0 Å². The highest BCUT2D eigenvalue weighted by Crippen LogP contribution is 2.40. The van der Waals surface area contributed by atoms with Crippen LogP contribution in [-0.4, -0.2) is 55.3 Å². The minimum atomic E-state index is -0.469. The predicted molar refractivity (Wildman–Crippen MR) is 138 cm³/mol. The molecule has 0 amide bonds. The molecule has 1 aliphatic carbocycles. The standard InChI is InChI=1S/C27H29N7O4/c1-2-37-27(35)23-13-21(5-9-28-23)33-16-19(15-30-33)31-25-14-22(6-10-29-25)38-24-17-34(20-3-4-20)32-26(24)18-7-11-36-12-8-18/h5-6,9-10,13-18,20H,2-4,7-8,11-12H2,1H3,(H,29,31). The fourth-order valence-electron chi connectivity index (χ4n) is 4.47. The molecule has 4 aromatic rings. The first-order valence-electron chi connectivity index (χ1n) is 12.9. The lowest BCUT2D eigenvalue weighted by Gasteiger charge is -2.21. The van der Waals surface area contributed by atoms with Gasteiger partial charge in [0.2, 0.25) is 0 Å². The molecule has 1 saturated carbocycles. The molecule has 4 aromatic heterocycles. The largest absolute Gasteiger partial charge is 0.461 e. The number of rotatable bonds is 9. The van der Waals surface area contributed by atoms with Crippen molar-refractivity contribution >= 4 is 17.5 Å². The Balaban J connectivity index is 1.18. The molecule has 1 aliphatic heterocycles. The molecule has 0 unspecified atom stereocenters. The van der Waals surface area contributed by atoms with Crippen LogP contribution in [0.5, 0.6) is 11.5 Å². The van der Waals surface area contributed by atoms with E-state index in [1.807, 2.05) is 24.5 Å². The molecule has 0 spiro atoms. The smallest absolute Gasteiger partial charge is 0.356 e. The van der Waals surface area contributed by atoms with Crippen LogP contribution in [0.3, 0.4) is 0 Å². The lowest BCUT2D eigenvalue weighted by atomic mass is 9.96. The molecule has 6 rings (SSSR count). The number of nitrogens with one attached hydrogen (secondary N) is 1. The summed E-state index contributed by atoms with van der Waals surface area (Å²) in [5, 5.41) is 12.6. The summed E-state index contributed by atoms with van der Waals surface area (Å²) in [5.41, 5.74) is 2.65. The molecule has 2 aliphatic rings. The Bertz CT molecular complexity index is 1420. The van der Waals surface area contributed by atoms with Crippen molar-refractivity contribution in [2.45, 2.75) is 44.6 Å². The second kappa shape index (κ2) is 10.6. The molecule has 2 fully saturated rings. The zero-order valence-corrected chi connectivity index (χ0v) is 21.1. The molecule has 11 nitrogen and oxygen atoms in total. The number of carbonyl (C=O) groups is 1. The van der Waals surface area contributed by atoms with Crippen LogP contribution in [0.4, 0.5) is 11.5 Å². The number of aromatic nitrogens is 6. The van der Waals surface area contributed by atoms with Gasteiger partial charge in [-0.2, -0.15) is 10.2 Å². The molecular formula is C27H29N7O4. The van der Waals surface area contributed by atoms with Crippen molar-refractivity contribution in [3.05, 3.63) is 66.6 Å². The number of anilines is 2. The van der Waals surface area contributed by atoms with Gasteiger partial charge in [-0.25, -0.2) is 19.4 Å². The fraction of sp³-hybridized carbons (Fsp3) is 0.370. The molecule has 0 bridgehead atoms. The Morgan fingerprint density at radius 2 is 1.95 bits per heavy atom. The van der Waals surface area contributed by atoms with Gasteiger partial charge in [-0.15, -0.1) is 0 Å². The van der Waals surface area contributed by atoms with Crippen molar-refractivity contribution in [3.8, 4) is 17.2 Å². The van der Waals surface area contributed by atoms with Crippen LogP contribution in [0.1, 0.15) is 60.7 Å². The van der Waals surface area contributed by atoms with Crippen LogP contribution in [0.2, 0.25) is 0 Å². The van der Waals surface area contributed by atoms with E-state index in [2.05, 4.69) is 25.1 Å². The molecule has 196 valence electrons. The summed E-state index contributed by atoms with van der Waals surface area (Å²) in [4.78, 5) is 20.5. The maximum Gasteiger partial charge on any atom is 0.356 e. The first-order chi connectivity index (χ1) is 18.7. The average molecular weight is 516 g/mol. The van der Waals surface area contributed by atoms with Gasteiger partial charge < -0.3 is 19.5 Å². The van der Waals surface area contributed by atoms with Crippen LogP contribution in [0.15, 0.2) is 55.2 Å². The third-order valence-corrected chi connectivity index (χ3v) is 6.56. The van der Waals surface area contributed by atoms with Crippen molar-refractivity contribution < 1.29 is 19.0 Å². The normalized spacial score (nSPS) is 15.8. The van der Waals surface area contributed by atoms with Crippen molar-refractivity contribution in [1.82, 2.24) is 29.5 Å². The van der Waals surface area contributed by atoms with Crippen molar-refractivity contribution in [2.75, 3.05) is 25.1 Å². The van der Waals surface area contributed by atoms with Gasteiger partial charge in [0.1, 0.15) is 23.0 Å². The van der Waals surface area contributed by atoms with E-state index in [1.54, 1.807) is 42.3 Å². The van der Waals surface area contributed by atoms with Gasteiger partial charge in [-0.05, 0) is 50.8 Å². The lowest BCUT2D eigenvalue weighted by molar-refractivity contribution is 0.0519. The van der Waals surface area contributed by atoms with E-state index in [9.17, 15) is 4.79 Å². The molecule has 1 N–H and O–H groups in total. The van der Waals surface area contributed by atoms with Gasteiger partial charge in [0, 0.05) is 37.6 Å². The molecule has 5 heterocycles. The van der Waals surface area contributed by atoms with E-state index in [4.69, 9.17) is 19.3 Å². The first kappa shape index (κ1) is 24.1. The average Bonchev–Trinajstić information content (AvgIpc) is 3.55. The van der Waals surface area contributed by atoms with Gasteiger partial charge in [0.05, 0.1) is 42.6 Å². The maximum absolute atomic E-state index is 12.0. The minimum Gasteiger partial charge on any atom is -0.461 e. The highest BCUT2D eigenvalue weighted by molar-refractivity contribution is 5.87. The fourth-order valence-corrected chi connectivity index (χ4v) is 4.47. The monoisotopic (exact) mass is 515 g/mol. The number of carbonyl (C=O) groups excluding carboxylic acids is 1. The second-order valence-corrected chi connectivity index (χ2v) is 9.37. The molecule has 38 heavy (non-hydrogen) atoms. The van der Waals surface area contributed by atoms with Gasteiger partial charge in [0.15, 0.2) is 5.75 Å². The van der Waals surface area contributed by atoms with E-state index in [0.717, 1.165) is 56.0 Å². The summed E-state index contributed by atoms with van der Waals surface area (Å²) in [7, 11) is 0. The highest BCUT2D eigenvalue weighted by Gasteiger charge is 2.29. The second-order valence-electron chi connectivity index (χ2n) is 9.37. The molecule has 0 radical (unpaired) electrons. The lowest BCUT2D eigenvalue weighted by Crippen LogP contribution is -2.15. The number of hydrogen-bond acceptors (Lipinski definition) is 9. The Hall–Kier alpha value is -4.25. The third-order valence-electron chi connectivity index (χ3n) is 6.56. The Morgan fingerprint density at radius 3 is 2.76 bits per heavy atom. The zero-order valence-electron chi connectivity index (χ0n) is 21.1. The Kier molecular flexibility index (Phi) is 6.74. The minimum absolute atomic E-state index is 0.228. The molecule has 1 saturated heterocycles. The maximum atomic E-state index is 12.0. The van der Waals surface area contributed by atoms with E-state index in [-0.39, 0.29) is 12.3 Å². The number of pyridine rings is 2. The van der Waals surface area contributed by atoms with E-state index in [1.165, 1.54) is 0 Å². The van der Waals surface area contributed by atoms with Crippen molar-refractivity contribution in [2.24, 2.45) is 0 Å². The van der Waals surface area contributed by atoms with E-state index < -0.39 is 5.97 Å². The van der Waals surface area contributed by atoms with Gasteiger partial charge in [-0.3, -0.25) is 4.68 Å². The summed E-state index contributed by atoms with van der Waals surface area (Å²) >= 11 is 0. The Morgan fingerprint density at radius 1 is 1.11 bits per heavy atom. The number of esters is 1. The molecule has 0 aromatic carbocycles. The summed E-state index contributed by atoms with van der Waals surface area (Å²) in [6.45, 7) is 3.55. The molecular weight excluding hydrogens is 486 g/mol. The zero-order chi connectivity index (χ0) is 25.9. The van der Waals surface area contributed by atoms with Gasteiger partial charge in [0.25, 0.3) is 0 Å². The summed E-state index contributed by atoms with van der Waals surface area (Å²) in [6, 6.07) is 7.57. The SMILES string of the molecule is CCOC(=O)c1cc(-n2cc(Nc3cc(Oc4cn(C5CC5)nc4C4CCOCC4)ccn3)cn2)ccn1. The first-order valence-corrected chi connectivity index (χ1v) is 12.9. The number of ether oxygens (including phenoxy) is 3. The van der Waals surface area contributed by atoms with E-state index in [0.29, 0.717) is 29.2 Å². The quantitative estimate of drug-likeness (QED) is 0.314. The Labute approximate surface area is 219 Å². The van der Waals surface area contributed by atoms with Crippen LogP contribution in [0, 0.1) is 0 Å². The highest BCUT2D eigenvalue weighted by atomic mass is 16.5. The summed E-state index contributed by atoms with van der Waals surface area (Å²) < 4.78 is 20.7. The van der Waals surface area contributed by atoms with Gasteiger partial charge >= 0.3 is 5.97 Å². The van der Waals surface area contributed by atoms with Gasteiger partial charge in [-0.1, -0.05) is 0 Å². The predicted octanol–water partition coefficient (Wildman–Crippen LogP) is 4.80. The summed E-state index contributed by atoms with van der Waals surface area (Å²) in [5.74, 6) is 1.95. The third kappa shape index (κ3) is 5.37. The van der Waals surface area contributed by atoms with Crippen molar-refractivity contribution in [1.29, 1.82) is 0 Å². The van der Waals surface area contributed by atoms with Crippen LogP contribution < -0.4 is 10.1 Å². The molecule has 0 atom stereocenters. The van der Waals surface area contributed by atoms with Crippen LogP contribution in [0.25, 0.3) is 5.69 Å². The topological polar surface area (TPSA) is 118 Å². The number of hydrogen-bond donors (Lipinski definition) is 1.